The summed E-state index contributed by atoms with van der Waals surface area (Å²) < 4.78 is 0. The van der Waals surface area contributed by atoms with Crippen LogP contribution in [0, 0.1) is 11.8 Å². The second kappa shape index (κ2) is 7.75. The average Bonchev–Trinajstić information content (AvgIpc) is 2.93. The van der Waals surface area contributed by atoms with Crippen LogP contribution in [0.4, 0.5) is 0 Å². The summed E-state index contributed by atoms with van der Waals surface area (Å²) in [4.78, 5) is 26.2. The molecule has 2 unspecified atom stereocenters. The summed E-state index contributed by atoms with van der Waals surface area (Å²) in [5.41, 5.74) is 6.00. The topological polar surface area (TPSA) is 95.7 Å². The van der Waals surface area contributed by atoms with Gasteiger partial charge in [-0.25, -0.2) is 0 Å². The van der Waals surface area contributed by atoms with E-state index in [1.54, 1.807) is 0 Å². The van der Waals surface area contributed by atoms with Crippen molar-refractivity contribution in [2.75, 3.05) is 26.2 Å². The van der Waals surface area contributed by atoms with Gasteiger partial charge < -0.3 is 21.1 Å². The normalized spacial score (nSPS) is 26.9. The molecule has 0 aromatic rings. The molecule has 1 aliphatic heterocycles. The highest BCUT2D eigenvalue weighted by Gasteiger charge is 2.35. The van der Waals surface area contributed by atoms with Gasteiger partial charge >= 0.3 is 0 Å². The summed E-state index contributed by atoms with van der Waals surface area (Å²) in [7, 11) is 0. The van der Waals surface area contributed by atoms with Crippen LogP contribution in [0.2, 0.25) is 0 Å². The maximum absolute atomic E-state index is 12.4. The zero-order valence-corrected chi connectivity index (χ0v) is 12.6. The Balaban J connectivity index is 1.75. The summed E-state index contributed by atoms with van der Waals surface area (Å²) in [6.45, 7) is 1.92. The predicted octanol–water partition coefficient (Wildman–Crippen LogP) is -0.149. The van der Waals surface area contributed by atoms with Gasteiger partial charge in [0, 0.05) is 38.2 Å². The molecule has 6 heteroatoms. The van der Waals surface area contributed by atoms with Crippen molar-refractivity contribution in [3.8, 4) is 0 Å². The number of piperidine rings is 1. The highest BCUT2D eigenvalue weighted by atomic mass is 16.3. The molecule has 0 aromatic carbocycles. The number of hydrogen-bond acceptors (Lipinski definition) is 4. The van der Waals surface area contributed by atoms with Gasteiger partial charge in [-0.3, -0.25) is 9.59 Å². The number of aliphatic hydroxyl groups is 1. The monoisotopic (exact) mass is 297 g/mol. The van der Waals surface area contributed by atoms with E-state index in [2.05, 4.69) is 5.32 Å². The molecule has 0 radical (unpaired) electrons. The third-order valence-electron chi connectivity index (χ3n) is 4.70. The number of rotatable bonds is 5. The number of hydrogen-bond donors (Lipinski definition) is 3. The molecule has 0 bridgehead atoms. The molecular weight excluding hydrogens is 270 g/mol. The third-order valence-corrected chi connectivity index (χ3v) is 4.70. The molecule has 1 aliphatic carbocycles. The molecule has 1 saturated heterocycles. The highest BCUT2D eigenvalue weighted by molar-refractivity contribution is 5.81. The highest BCUT2D eigenvalue weighted by Crippen LogP contribution is 2.28. The lowest BCUT2D eigenvalue weighted by Crippen LogP contribution is -2.47. The summed E-state index contributed by atoms with van der Waals surface area (Å²) >= 11 is 0. The Labute approximate surface area is 126 Å². The Bertz CT molecular complexity index is 367. The Morgan fingerprint density at radius 2 is 1.90 bits per heavy atom. The van der Waals surface area contributed by atoms with Crippen molar-refractivity contribution < 1.29 is 14.7 Å². The summed E-state index contributed by atoms with van der Waals surface area (Å²) in [5, 5.41) is 11.5. The molecule has 2 atom stereocenters. The molecule has 2 amide bonds. The predicted molar refractivity (Wildman–Crippen MR) is 79.3 cm³/mol. The van der Waals surface area contributed by atoms with E-state index in [1.807, 2.05) is 4.90 Å². The van der Waals surface area contributed by atoms with Crippen LogP contribution in [0.3, 0.4) is 0 Å². The van der Waals surface area contributed by atoms with Crippen LogP contribution in [0.25, 0.3) is 0 Å². The van der Waals surface area contributed by atoms with Gasteiger partial charge in [0.05, 0.1) is 5.92 Å². The van der Waals surface area contributed by atoms with E-state index in [1.165, 1.54) is 0 Å². The lowest BCUT2D eigenvalue weighted by molar-refractivity contribution is -0.139. The molecule has 1 saturated carbocycles. The number of nitrogens with zero attached hydrogens (tertiary/aromatic N) is 1. The van der Waals surface area contributed by atoms with E-state index in [-0.39, 0.29) is 36.3 Å². The number of carbonyl (C=O) groups is 2. The van der Waals surface area contributed by atoms with Crippen LogP contribution in [-0.4, -0.2) is 54.1 Å². The van der Waals surface area contributed by atoms with Crippen LogP contribution < -0.4 is 11.1 Å². The van der Waals surface area contributed by atoms with E-state index in [0.29, 0.717) is 26.1 Å². The molecule has 2 aliphatic rings. The first-order valence-electron chi connectivity index (χ1n) is 8.06. The minimum atomic E-state index is -0.0140. The van der Waals surface area contributed by atoms with Crippen LogP contribution in [0.15, 0.2) is 0 Å². The Kier molecular flexibility index (Phi) is 5.99. The number of nitrogens with two attached hydrogens (primary N) is 1. The summed E-state index contributed by atoms with van der Waals surface area (Å²) in [6, 6.07) is 0.0111. The second-order valence-corrected chi connectivity index (χ2v) is 6.17. The van der Waals surface area contributed by atoms with Gasteiger partial charge in [-0.05, 0) is 32.1 Å². The van der Waals surface area contributed by atoms with Gasteiger partial charge in [-0.1, -0.05) is 6.42 Å². The SMILES string of the molecule is NC1CCCC1C(=O)N1CCC(C(=O)NCCCO)CC1. The number of amides is 2. The largest absolute Gasteiger partial charge is 0.396 e. The van der Waals surface area contributed by atoms with Gasteiger partial charge in [0.25, 0.3) is 0 Å². The fourth-order valence-corrected chi connectivity index (χ4v) is 3.33. The van der Waals surface area contributed by atoms with Crippen molar-refractivity contribution in [1.29, 1.82) is 0 Å². The van der Waals surface area contributed by atoms with Gasteiger partial charge in [0.1, 0.15) is 0 Å². The lowest BCUT2D eigenvalue weighted by atomic mass is 9.94. The van der Waals surface area contributed by atoms with Crippen molar-refractivity contribution in [2.24, 2.45) is 17.6 Å². The summed E-state index contributed by atoms with van der Waals surface area (Å²) in [6.07, 6.45) is 4.92. The van der Waals surface area contributed by atoms with E-state index in [4.69, 9.17) is 10.8 Å². The molecule has 6 nitrogen and oxygen atoms in total. The fraction of sp³-hybridized carbons (Fsp3) is 0.867. The first-order valence-corrected chi connectivity index (χ1v) is 8.06. The van der Waals surface area contributed by atoms with Crippen LogP contribution >= 0.6 is 0 Å². The van der Waals surface area contributed by atoms with Gasteiger partial charge in [0.15, 0.2) is 0 Å². The molecule has 4 N–H and O–H groups in total. The number of carbonyl (C=O) groups excluding carboxylic acids is 2. The first-order chi connectivity index (χ1) is 10.1. The minimum Gasteiger partial charge on any atom is -0.396 e. The number of likely N-dealkylation sites (tertiary alicyclic amines) is 1. The lowest BCUT2D eigenvalue weighted by Gasteiger charge is -2.33. The molecule has 21 heavy (non-hydrogen) atoms. The van der Waals surface area contributed by atoms with Gasteiger partial charge in [-0.15, -0.1) is 0 Å². The quantitative estimate of drug-likeness (QED) is 0.615. The first kappa shape index (κ1) is 16.2. The summed E-state index contributed by atoms with van der Waals surface area (Å²) in [5.74, 6) is 0.206. The average molecular weight is 297 g/mol. The van der Waals surface area contributed by atoms with E-state index < -0.39 is 0 Å². The van der Waals surface area contributed by atoms with Crippen molar-refractivity contribution in [1.82, 2.24) is 10.2 Å². The molecule has 2 rings (SSSR count). The minimum absolute atomic E-state index is 0.00926. The fourth-order valence-electron chi connectivity index (χ4n) is 3.33. The van der Waals surface area contributed by atoms with Crippen molar-refractivity contribution in [2.45, 2.75) is 44.6 Å². The number of aliphatic hydroxyl groups excluding tert-OH is 1. The second-order valence-electron chi connectivity index (χ2n) is 6.17. The Morgan fingerprint density at radius 3 is 2.48 bits per heavy atom. The zero-order valence-electron chi connectivity index (χ0n) is 12.6. The van der Waals surface area contributed by atoms with Gasteiger partial charge in [0.2, 0.25) is 11.8 Å². The molecule has 120 valence electrons. The smallest absolute Gasteiger partial charge is 0.227 e. The van der Waals surface area contributed by atoms with Crippen LogP contribution in [0.1, 0.15) is 38.5 Å². The zero-order chi connectivity index (χ0) is 15.2. The Hall–Kier alpha value is -1.14. The molecule has 1 heterocycles. The standard InChI is InChI=1S/C15H27N3O3/c16-13-4-1-3-12(13)15(21)18-8-5-11(6-9-18)14(20)17-7-2-10-19/h11-13,19H,1-10,16H2,(H,17,20). The number of nitrogens with one attached hydrogen (secondary N) is 1. The van der Waals surface area contributed by atoms with Crippen molar-refractivity contribution in [3.63, 3.8) is 0 Å². The maximum atomic E-state index is 12.4. The van der Waals surface area contributed by atoms with Crippen molar-refractivity contribution >= 4 is 11.8 Å². The van der Waals surface area contributed by atoms with E-state index in [9.17, 15) is 9.59 Å². The van der Waals surface area contributed by atoms with E-state index in [0.717, 1.165) is 32.1 Å². The molecule has 0 aromatic heterocycles. The van der Waals surface area contributed by atoms with Crippen LogP contribution in [-0.2, 0) is 9.59 Å². The Morgan fingerprint density at radius 1 is 1.19 bits per heavy atom. The maximum Gasteiger partial charge on any atom is 0.227 e. The van der Waals surface area contributed by atoms with Crippen LogP contribution in [0.5, 0.6) is 0 Å². The molecule has 0 spiro atoms. The molecular formula is C15H27N3O3. The third kappa shape index (κ3) is 4.17. The van der Waals surface area contributed by atoms with E-state index >= 15 is 0 Å². The van der Waals surface area contributed by atoms with Gasteiger partial charge in [-0.2, -0.15) is 0 Å². The van der Waals surface area contributed by atoms with Crippen molar-refractivity contribution in [3.05, 3.63) is 0 Å². The molecule has 2 fully saturated rings.